The molecule has 0 N–H and O–H groups in total. The van der Waals surface area contributed by atoms with E-state index in [9.17, 15) is 0 Å². The van der Waals surface area contributed by atoms with Gasteiger partial charge in [-0.25, -0.2) is 0 Å². The first-order valence-corrected chi connectivity index (χ1v) is 16.0. The summed E-state index contributed by atoms with van der Waals surface area (Å²) < 4.78 is 0. The molecule has 6 unspecified atom stereocenters. The average molecular weight is 294 g/mol. The van der Waals surface area contributed by atoms with Crippen molar-refractivity contribution in [1.82, 2.24) is 0 Å². The summed E-state index contributed by atoms with van der Waals surface area (Å²) in [7, 11) is 8.48. The van der Waals surface area contributed by atoms with E-state index in [-0.39, 0.29) is 15.2 Å². The monoisotopic (exact) mass is 294 g/mol. The predicted octanol–water partition coefficient (Wildman–Crippen LogP) is 4.26. The van der Waals surface area contributed by atoms with E-state index in [1.807, 2.05) is 0 Å². The summed E-state index contributed by atoms with van der Waals surface area (Å²) in [5.74, 6) is 1.52. The van der Waals surface area contributed by atoms with Crippen LogP contribution in [0.3, 0.4) is 0 Å². The molecule has 13 heavy (non-hydrogen) atoms. The second-order valence-electron chi connectivity index (χ2n) is 3.27. The molecule has 80 valence electrons. The first-order valence-electron chi connectivity index (χ1n) is 4.80. The highest BCUT2D eigenvalue weighted by Gasteiger charge is 2.11. The summed E-state index contributed by atoms with van der Waals surface area (Å²) in [4.78, 5) is 0. The van der Waals surface area contributed by atoms with Crippen molar-refractivity contribution in [1.29, 1.82) is 0 Å². The normalized spacial score (nSPS) is 17.5. The molecule has 0 aliphatic heterocycles. The van der Waals surface area contributed by atoms with Crippen molar-refractivity contribution in [3.8, 4) is 0 Å². The third kappa shape index (κ3) is 10.9. The molecular weight excluding hydrogens is 270 g/mol. The van der Waals surface area contributed by atoms with Gasteiger partial charge in [0.05, 0.1) is 26.2 Å². The third-order valence-corrected chi connectivity index (χ3v) is 16.7. The summed E-state index contributed by atoms with van der Waals surface area (Å²) in [6.07, 6.45) is 6.07. The molecule has 0 aliphatic rings. The molecule has 0 aromatic rings. The zero-order chi connectivity index (χ0) is 10.1. The van der Waals surface area contributed by atoms with Crippen LogP contribution in [0.25, 0.3) is 0 Å². The van der Waals surface area contributed by atoms with E-state index in [1.165, 1.54) is 35.0 Å². The maximum Gasteiger partial charge on any atom is 0.0742 e. The molecule has 0 saturated carbocycles. The SMILES string of the molecule is CCC[PH+](CCPC[PH+](C)P)PP. The molecule has 0 aliphatic carbocycles. The van der Waals surface area contributed by atoms with Crippen molar-refractivity contribution in [2.24, 2.45) is 0 Å². The Labute approximate surface area is 94.1 Å². The van der Waals surface area contributed by atoms with Crippen LogP contribution in [0.5, 0.6) is 0 Å². The first kappa shape index (κ1) is 15.6. The van der Waals surface area contributed by atoms with Gasteiger partial charge in [0.25, 0.3) is 0 Å². The molecule has 0 heterocycles. The number of hydrogen-bond donors (Lipinski definition) is 0. The lowest BCUT2D eigenvalue weighted by molar-refractivity contribution is 1.10. The van der Waals surface area contributed by atoms with Crippen molar-refractivity contribution in [3.05, 3.63) is 0 Å². The largest absolute Gasteiger partial charge is 0.0784 e. The standard InChI is InChI=1S/C7H22P6/c1-3-5-13(11-8)6-4-10-7-12(2)9/h10-11H,3-9H2,1-2H3/p+2. The van der Waals surface area contributed by atoms with E-state index >= 15 is 0 Å². The molecule has 6 atom stereocenters. The average Bonchev–Trinajstić information content (AvgIpc) is 2.10. The summed E-state index contributed by atoms with van der Waals surface area (Å²) in [6.45, 7) is 4.73. The van der Waals surface area contributed by atoms with Gasteiger partial charge in [0.1, 0.15) is 0 Å². The van der Waals surface area contributed by atoms with Crippen LogP contribution in [0, 0.1) is 0 Å². The number of hydrogen-bond acceptors (Lipinski definition) is 0. The fourth-order valence-corrected chi connectivity index (χ4v) is 13.1. The van der Waals surface area contributed by atoms with Crippen LogP contribution < -0.4 is 0 Å². The van der Waals surface area contributed by atoms with Crippen LogP contribution in [-0.2, 0) is 0 Å². The minimum absolute atomic E-state index is 0.0136. The quantitative estimate of drug-likeness (QED) is 0.463. The lowest BCUT2D eigenvalue weighted by Gasteiger charge is -2.06. The molecule has 0 aromatic heterocycles. The fourth-order valence-electron chi connectivity index (χ4n) is 1.10. The van der Waals surface area contributed by atoms with E-state index < -0.39 is 0 Å². The first-order chi connectivity index (χ1) is 6.20. The number of rotatable bonds is 8. The molecule has 0 fully saturated rings. The topological polar surface area (TPSA) is 0 Å². The lowest BCUT2D eigenvalue weighted by Crippen LogP contribution is -1.87. The van der Waals surface area contributed by atoms with Gasteiger partial charge in [0.15, 0.2) is 0 Å². The van der Waals surface area contributed by atoms with Gasteiger partial charge in [-0.05, 0) is 6.42 Å². The zero-order valence-electron chi connectivity index (χ0n) is 8.69. The van der Waals surface area contributed by atoms with E-state index in [4.69, 9.17) is 0 Å². The maximum absolute atomic E-state index is 3.00. The second kappa shape index (κ2) is 11.1. The van der Waals surface area contributed by atoms with Crippen LogP contribution in [-0.4, -0.2) is 31.1 Å². The minimum Gasteiger partial charge on any atom is -0.0784 e. The van der Waals surface area contributed by atoms with Gasteiger partial charge in [0, 0.05) is 37.0 Å². The molecule has 0 aromatic carbocycles. The van der Waals surface area contributed by atoms with Crippen LogP contribution >= 0.6 is 49.6 Å². The molecular formula is C7H24P6+2. The van der Waals surface area contributed by atoms with Crippen molar-refractivity contribution in [3.63, 3.8) is 0 Å². The molecule has 6 heteroatoms. The second-order valence-corrected chi connectivity index (χ2v) is 18.4. The van der Waals surface area contributed by atoms with Crippen molar-refractivity contribution in [2.75, 3.05) is 31.1 Å². The molecule has 0 saturated heterocycles. The molecule has 0 spiro atoms. The lowest BCUT2D eigenvalue weighted by atomic mass is 10.6. The molecule has 0 radical (unpaired) electrons. The third-order valence-electron chi connectivity index (χ3n) is 1.76. The molecule has 0 bridgehead atoms. The van der Waals surface area contributed by atoms with Gasteiger partial charge in [-0.1, -0.05) is 24.4 Å². The highest BCUT2D eigenvalue weighted by atomic mass is 32.4. The van der Waals surface area contributed by atoms with Crippen LogP contribution in [0.2, 0.25) is 0 Å². The van der Waals surface area contributed by atoms with Gasteiger partial charge < -0.3 is 0 Å². The Kier molecular flexibility index (Phi) is 13.3. The summed E-state index contributed by atoms with van der Waals surface area (Å²) in [5, 5.41) is 0. The Morgan fingerprint density at radius 1 is 1.31 bits per heavy atom. The van der Waals surface area contributed by atoms with Gasteiger partial charge in [0.2, 0.25) is 0 Å². The van der Waals surface area contributed by atoms with Gasteiger partial charge in [-0.15, -0.1) is 0 Å². The Balaban J connectivity index is 3.27. The smallest absolute Gasteiger partial charge is 0.0742 e. The highest BCUT2D eigenvalue weighted by molar-refractivity contribution is 8.44. The van der Waals surface area contributed by atoms with Crippen LogP contribution in [0.15, 0.2) is 0 Å². The summed E-state index contributed by atoms with van der Waals surface area (Å²) in [6, 6.07) is 0. The maximum atomic E-state index is 3.00. The van der Waals surface area contributed by atoms with E-state index in [1.54, 1.807) is 12.3 Å². The Hall–Kier alpha value is 2.58. The predicted molar refractivity (Wildman–Crippen MR) is 88.4 cm³/mol. The highest BCUT2D eigenvalue weighted by Crippen LogP contribution is 2.60. The van der Waals surface area contributed by atoms with E-state index in [0.29, 0.717) is 0 Å². The minimum atomic E-state index is -0.0136. The van der Waals surface area contributed by atoms with Crippen LogP contribution in [0.1, 0.15) is 13.3 Å². The Morgan fingerprint density at radius 3 is 2.46 bits per heavy atom. The molecule has 0 nitrogen and oxygen atoms in total. The Morgan fingerprint density at radius 2 is 2.00 bits per heavy atom. The molecule has 0 amide bonds. The Bertz CT molecular complexity index is 107. The summed E-state index contributed by atoms with van der Waals surface area (Å²) >= 11 is 0. The van der Waals surface area contributed by atoms with E-state index in [0.717, 1.165) is 0 Å². The van der Waals surface area contributed by atoms with Crippen molar-refractivity contribution >= 4 is 49.6 Å². The van der Waals surface area contributed by atoms with E-state index in [2.05, 4.69) is 31.4 Å². The van der Waals surface area contributed by atoms with Crippen LogP contribution in [0.4, 0.5) is 0 Å². The zero-order valence-corrected chi connectivity index (χ0v) is 15.0. The van der Waals surface area contributed by atoms with Gasteiger partial charge in [-0.3, -0.25) is 0 Å². The van der Waals surface area contributed by atoms with Gasteiger partial charge in [-0.2, -0.15) is 0 Å². The fraction of sp³-hybridized carbons (Fsp3) is 1.00. The van der Waals surface area contributed by atoms with Gasteiger partial charge >= 0.3 is 0 Å². The van der Waals surface area contributed by atoms with Crippen molar-refractivity contribution < 1.29 is 0 Å². The van der Waals surface area contributed by atoms with Crippen molar-refractivity contribution in [2.45, 2.75) is 13.3 Å². The summed E-state index contributed by atoms with van der Waals surface area (Å²) in [5.41, 5.74) is 0. The molecule has 0 rings (SSSR count).